The molecule has 4 nitrogen and oxygen atoms in total. The Labute approximate surface area is 105 Å². The summed E-state index contributed by atoms with van der Waals surface area (Å²) >= 11 is 0. The molecule has 5 heteroatoms. The van der Waals surface area contributed by atoms with Crippen LogP contribution in [0.3, 0.4) is 0 Å². The third-order valence-corrected chi connectivity index (χ3v) is 2.55. The Balaban J connectivity index is 2.21. The van der Waals surface area contributed by atoms with Crippen LogP contribution in [-0.4, -0.2) is 16.2 Å². The predicted octanol–water partition coefficient (Wildman–Crippen LogP) is 2.68. The van der Waals surface area contributed by atoms with Crippen molar-refractivity contribution >= 4 is 0 Å². The summed E-state index contributed by atoms with van der Waals surface area (Å²) in [6, 6.07) is 5.44. The van der Waals surface area contributed by atoms with E-state index in [9.17, 15) is 4.39 Å². The van der Waals surface area contributed by atoms with Crippen LogP contribution in [-0.2, 0) is 6.54 Å². The van der Waals surface area contributed by atoms with E-state index < -0.39 is 0 Å². The lowest BCUT2D eigenvalue weighted by Gasteiger charge is -2.03. The van der Waals surface area contributed by atoms with Gasteiger partial charge in [-0.3, -0.25) is 0 Å². The summed E-state index contributed by atoms with van der Waals surface area (Å²) < 4.78 is 19.3. The largest absolute Gasteiger partial charge is 0.419 e. The van der Waals surface area contributed by atoms with Gasteiger partial charge in [0.1, 0.15) is 5.82 Å². The molecular formula is C13H16FN3O. The van der Waals surface area contributed by atoms with Gasteiger partial charge in [0.05, 0.1) is 12.1 Å². The van der Waals surface area contributed by atoms with E-state index in [4.69, 9.17) is 4.42 Å². The van der Waals surface area contributed by atoms with Crippen LogP contribution < -0.4 is 5.32 Å². The van der Waals surface area contributed by atoms with Crippen molar-refractivity contribution in [3.05, 3.63) is 35.5 Å². The molecule has 0 fully saturated rings. The molecule has 1 heterocycles. The molecule has 0 radical (unpaired) electrons. The first kappa shape index (κ1) is 12.7. The molecule has 0 aliphatic heterocycles. The van der Waals surface area contributed by atoms with Crippen LogP contribution in [0.15, 0.2) is 22.6 Å². The second-order valence-electron chi connectivity index (χ2n) is 4.47. The van der Waals surface area contributed by atoms with Gasteiger partial charge in [-0.1, -0.05) is 26.0 Å². The summed E-state index contributed by atoms with van der Waals surface area (Å²) in [5.74, 6) is 0.362. The number of nitrogens with zero attached hydrogens (tertiary/aromatic N) is 2. The zero-order valence-electron chi connectivity index (χ0n) is 10.7. The van der Waals surface area contributed by atoms with Crippen molar-refractivity contribution in [3.63, 3.8) is 0 Å². The number of benzene rings is 1. The minimum atomic E-state index is -0.315. The van der Waals surface area contributed by atoms with E-state index in [1.54, 1.807) is 25.1 Å². The van der Waals surface area contributed by atoms with Crippen LogP contribution in [0.25, 0.3) is 11.5 Å². The fourth-order valence-corrected chi connectivity index (χ4v) is 1.54. The summed E-state index contributed by atoms with van der Waals surface area (Å²) in [5.41, 5.74) is 0.908. The van der Waals surface area contributed by atoms with Gasteiger partial charge >= 0.3 is 0 Å². The first-order valence-electron chi connectivity index (χ1n) is 5.89. The third kappa shape index (κ3) is 2.73. The number of halogens is 1. The van der Waals surface area contributed by atoms with E-state index >= 15 is 0 Å². The second-order valence-corrected chi connectivity index (χ2v) is 4.47. The SMILES string of the molecule is Cc1cccc(-c2nnc(CNC(C)C)o2)c1F. The van der Waals surface area contributed by atoms with Crippen LogP contribution in [0.5, 0.6) is 0 Å². The summed E-state index contributed by atoms with van der Waals surface area (Å²) in [4.78, 5) is 0. The van der Waals surface area contributed by atoms with Gasteiger partial charge < -0.3 is 9.73 Å². The average molecular weight is 249 g/mol. The zero-order chi connectivity index (χ0) is 13.1. The topological polar surface area (TPSA) is 51.0 Å². The molecule has 2 rings (SSSR count). The number of rotatable bonds is 4. The monoisotopic (exact) mass is 249 g/mol. The Bertz CT molecular complexity index is 537. The molecule has 1 aromatic heterocycles. The molecule has 96 valence electrons. The quantitative estimate of drug-likeness (QED) is 0.905. The highest BCUT2D eigenvalue weighted by Crippen LogP contribution is 2.23. The van der Waals surface area contributed by atoms with Crippen molar-refractivity contribution < 1.29 is 8.81 Å². The third-order valence-electron chi connectivity index (χ3n) is 2.55. The number of hydrogen-bond acceptors (Lipinski definition) is 4. The molecule has 0 aliphatic rings. The van der Waals surface area contributed by atoms with Gasteiger partial charge in [0.25, 0.3) is 5.89 Å². The molecule has 2 aromatic rings. The lowest BCUT2D eigenvalue weighted by molar-refractivity contribution is 0.457. The molecule has 1 N–H and O–H groups in total. The number of hydrogen-bond donors (Lipinski definition) is 1. The maximum atomic E-state index is 13.9. The molecule has 0 amide bonds. The molecule has 0 atom stereocenters. The fourth-order valence-electron chi connectivity index (χ4n) is 1.54. The summed E-state index contributed by atoms with van der Waals surface area (Å²) in [6.07, 6.45) is 0. The average Bonchev–Trinajstić information content (AvgIpc) is 2.78. The standard InChI is InChI=1S/C13H16FN3O/c1-8(2)15-7-11-16-17-13(18-11)10-6-4-5-9(3)12(10)14/h4-6,8,15H,7H2,1-3H3. The smallest absolute Gasteiger partial charge is 0.250 e. The molecule has 0 spiro atoms. The molecule has 0 saturated carbocycles. The lowest BCUT2D eigenvalue weighted by atomic mass is 10.1. The highest BCUT2D eigenvalue weighted by atomic mass is 19.1. The van der Waals surface area contributed by atoms with E-state index in [0.717, 1.165) is 0 Å². The van der Waals surface area contributed by atoms with Gasteiger partial charge in [0, 0.05) is 6.04 Å². The second kappa shape index (κ2) is 5.27. The van der Waals surface area contributed by atoms with Gasteiger partial charge in [-0.2, -0.15) is 0 Å². The van der Waals surface area contributed by atoms with Gasteiger partial charge in [0.15, 0.2) is 0 Å². The molecular weight excluding hydrogens is 233 g/mol. The maximum absolute atomic E-state index is 13.9. The Morgan fingerprint density at radius 2 is 2.11 bits per heavy atom. The Morgan fingerprint density at radius 1 is 1.33 bits per heavy atom. The Hall–Kier alpha value is -1.75. The van der Waals surface area contributed by atoms with Crippen molar-refractivity contribution in [1.29, 1.82) is 0 Å². The predicted molar refractivity (Wildman–Crippen MR) is 66.4 cm³/mol. The number of aryl methyl sites for hydroxylation is 1. The molecule has 0 saturated heterocycles. The Kier molecular flexibility index (Phi) is 3.72. The van der Waals surface area contributed by atoms with Crippen molar-refractivity contribution in [3.8, 4) is 11.5 Å². The highest BCUT2D eigenvalue weighted by molar-refractivity contribution is 5.54. The first-order chi connectivity index (χ1) is 8.58. The van der Waals surface area contributed by atoms with Gasteiger partial charge in [-0.15, -0.1) is 10.2 Å². The minimum Gasteiger partial charge on any atom is -0.419 e. The van der Waals surface area contributed by atoms with Crippen LogP contribution >= 0.6 is 0 Å². The Morgan fingerprint density at radius 3 is 2.83 bits per heavy atom. The summed E-state index contributed by atoms with van der Waals surface area (Å²) in [6.45, 7) is 6.24. The number of aromatic nitrogens is 2. The van der Waals surface area contributed by atoms with E-state index in [2.05, 4.69) is 15.5 Å². The molecule has 1 aromatic carbocycles. The van der Waals surface area contributed by atoms with Gasteiger partial charge in [0.2, 0.25) is 5.89 Å². The van der Waals surface area contributed by atoms with E-state index in [-0.39, 0.29) is 11.7 Å². The zero-order valence-corrected chi connectivity index (χ0v) is 10.7. The normalized spacial score (nSPS) is 11.2. The van der Waals surface area contributed by atoms with Crippen molar-refractivity contribution in [2.24, 2.45) is 0 Å². The minimum absolute atomic E-state index is 0.219. The number of nitrogens with one attached hydrogen (secondary N) is 1. The van der Waals surface area contributed by atoms with Crippen molar-refractivity contribution in [2.45, 2.75) is 33.4 Å². The fraction of sp³-hybridized carbons (Fsp3) is 0.385. The van der Waals surface area contributed by atoms with Crippen molar-refractivity contribution in [1.82, 2.24) is 15.5 Å². The summed E-state index contributed by atoms with van der Waals surface area (Å²) in [7, 11) is 0. The molecule has 0 aliphatic carbocycles. The van der Waals surface area contributed by atoms with E-state index in [1.165, 1.54) is 0 Å². The van der Waals surface area contributed by atoms with Gasteiger partial charge in [-0.25, -0.2) is 4.39 Å². The maximum Gasteiger partial charge on any atom is 0.250 e. The van der Waals surface area contributed by atoms with Crippen LogP contribution in [0, 0.1) is 12.7 Å². The first-order valence-corrected chi connectivity index (χ1v) is 5.89. The molecule has 18 heavy (non-hydrogen) atoms. The van der Waals surface area contributed by atoms with Crippen LogP contribution in [0.4, 0.5) is 4.39 Å². The lowest BCUT2D eigenvalue weighted by Crippen LogP contribution is -2.21. The molecule has 0 bridgehead atoms. The van der Waals surface area contributed by atoms with E-state index in [1.807, 2.05) is 13.8 Å². The van der Waals surface area contributed by atoms with Crippen molar-refractivity contribution in [2.75, 3.05) is 0 Å². The van der Waals surface area contributed by atoms with Crippen LogP contribution in [0.2, 0.25) is 0 Å². The van der Waals surface area contributed by atoms with E-state index in [0.29, 0.717) is 29.6 Å². The van der Waals surface area contributed by atoms with Crippen LogP contribution in [0.1, 0.15) is 25.3 Å². The summed E-state index contributed by atoms with van der Waals surface area (Å²) in [5, 5.41) is 10.9. The highest BCUT2D eigenvalue weighted by Gasteiger charge is 2.14. The molecule has 0 unspecified atom stereocenters. The van der Waals surface area contributed by atoms with Gasteiger partial charge in [-0.05, 0) is 18.6 Å².